The second kappa shape index (κ2) is 7.24. The number of aromatic amines is 1. The molecular weight excluding hydrogens is 350 g/mol. The lowest BCUT2D eigenvalue weighted by Gasteiger charge is -2.10. The maximum atomic E-state index is 11.5. The highest BCUT2D eigenvalue weighted by Gasteiger charge is 2.08. The van der Waals surface area contributed by atoms with Crippen LogP contribution in [0.25, 0.3) is 0 Å². The second-order valence-electron chi connectivity index (χ2n) is 4.93. The highest BCUT2D eigenvalue weighted by Crippen LogP contribution is 2.32. The maximum absolute atomic E-state index is 11.5. The number of hydrogen-bond acceptors (Lipinski definition) is 4. The van der Waals surface area contributed by atoms with Gasteiger partial charge in [-0.2, -0.15) is 0 Å². The van der Waals surface area contributed by atoms with Crippen LogP contribution in [0.1, 0.15) is 24.6 Å². The van der Waals surface area contributed by atoms with Gasteiger partial charge in [-0.25, -0.2) is 4.98 Å². The summed E-state index contributed by atoms with van der Waals surface area (Å²) in [5.74, 6) is 0. The average Bonchev–Trinajstić information content (AvgIpc) is 2.40. The lowest BCUT2D eigenvalue weighted by atomic mass is 10.1. The van der Waals surface area contributed by atoms with Gasteiger partial charge in [-0.3, -0.25) is 4.79 Å². The first-order chi connectivity index (χ1) is 9.97. The van der Waals surface area contributed by atoms with Gasteiger partial charge in [0.2, 0.25) is 0 Å². The van der Waals surface area contributed by atoms with Gasteiger partial charge in [-0.1, -0.05) is 24.8 Å². The number of nitrogens with zero attached hydrogens (tertiary/aromatic N) is 1. The molecule has 1 aromatic heterocycles. The van der Waals surface area contributed by atoms with Crippen LogP contribution in [0.4, 0.5) is 0 Å². The number of aryl methyl sites for hydroxylation is 1. The van der Waals surface area contributed by atoms with Crippen molar-refractivity contribution in [2.75, 3.05) is 0 Å². The monoisotopic (exact) mass is 367 g/mol. The third kappa shape index (κ3) is 4.69. The number of aromatic nitrogens is 2. The van der Waals surface area contributed by atoms with E-state index in [1.807, 2.05) is 13.0 Å². The minimum Gasteiger partial charge on any atom is -0.327 e. The summed E-state index contributed by atoms with van der Waals surface area (Å²) in [7, 11) is 0. The molecule has 0 fully saturated rings. The van der Waals surface area contributed by atoms with E-state index in [2.05, 4.69) is 45.0 Å². The maximum Gasteiger partial charge on any atom is 0.251 e. The number of H-pyrrole nitrogens is 1. The topological polar surface area (TPSA) is 71.8 Å². The van der Waals surface area contributed by atoms with Crippen LogP contribution < -0.4 is 11.3 Å². The number of rotatable bonds is 5. The van der Waals surface area contributed by atoms with Gasteiger partial charge in [0, 0.05) is 27.2 Å². The van der Waals surface area contributed by atoms with E-state index in [4.69, 9.17) is 5.73 Å². The summed E-state index contributed by atoms with van der Waals surface area (Å²) in [6, 6.07) is 7.83. The third-order valence-corrected chi connectivity index (χ3v) is 4.95. The molecule has 0 radical (unpaired) electrons. The first kappa shape index (κ1) is 16.3. The zero-order valence-electron chi connectivity index (χ0n) is 12.0. The van der Waals surface area contributed by atoms with Crippen molar-refractivity contribution in [1.29, 1.82) is 0 Å². The molecule has 0 saturated carbocycles. The summed E-state index contributed by atoms with van der Waals surface area (Å²) in [6.45, 7) is 3.90. The van der Waals surface area contributed by atoms with E-state index in [9.17, 15) is 4.79 Å². The van der Waals surface area contributed by atoms with Crippen LogP contribution in [-0.4, -0.2) is 16.0 Å². The largest absolute Gasteiger partial charge is 0.327 e. The summed E-state index contributed by atoms with van der Waals surface area (Å²) in [6.07, 6.45) is 1.82. The van der Waals surface area contributed by atoms with Gasteiger partial charge in [0.1, 0.15) is 0 Å². The Morgan fingerprint density at radius 2 is 2.19 bits per heavy atom. The molecule has 1 atom stereocenters. The number of halogens is 1. The molecule has 0 aliphatic carbocycles. The van der Waals surface area contributed by atoms with Gasteiger partial charge >= 0.3 is 0 Å². The Labute approximate surface area is 136 Å². The van der Waals surface area contributed by atoms with Gasteiger partial charge < -0.3 is 10.7 Å². The zero-order valence-corrected chi connectivity index (χ0v) is 14.4. The molecule has 3 N–H and O–H groups in total. The molecule has 2 aromatic rings. The van der Waals surface area contributed by atoms with Crippen molar-refractivity contribution in [3.8, 4) is 0 Å². The van der Waals surface area contributed by atoms with Crippen molar-refractivity contribution in [2.45, 2.75) is 42.8 Å². The Hall–Kier alpha value is -1.11. The molecule has 6 heteroatoms. The minimum atomic E-state index is -0.133. The summed E-state index contributed by atoms with van der Waals surface area (Å²) in [5, 5.41) is 0.596. The number of nitrogens with two attached hydrogens (primary N) is 1. The van der Waals surface area contributed by atoms with Gasteiger partial charge in [0.05, 0.1) is 0 Å². The summed E-state index contributed by atoms with van der Waals surface area (Å²) >= 11 is 5.00. The van der Waals surface area contributed by atoms with E-state index in [1.165, 1.54) is 23.4 Å². The highest BCUT2D eigenvalue weighted by molar-refractivity contribution is 9.10. The predicted octanol–water partition coefficient (Wildman–Crippen LogP) is 3.27. The fraction of sp³-hybridized carbons (Fsp3) is 0.333. The SMILES string of the molecule is CCC(N)Cc1ccc(Sc2nc(C)cc(=O)[nH]2)c(Br)c1. The molecule has 0 spiro atoms. The first-order valence-electron chi connectivity index (χ1n) is 6.77. The third-order valence-electron chi connectivity index (χ3n) is 3.07. The number of benzene rings is 1. The number of hydrogen-bond donors (Lipinski definition) is 2. The lowest BCUT2D eigenvalue weighted by Crippen LogP contribution is -2.21. The van der Waals surface area contributed by atoms with Crippen LogP contribution in [0.15, 0.2) is 43.6 Å². The smallest absolute Gasteiger partial charge is 0.251 e. The Morgan fingerprint density at radius 3 is 2.81 bits per heavy atom. The first-order valence-corrected chi connectivity index (χ1v) is 8.38. The van der Waals surface area contributed by atoms with Crippen LogP contribution in [0, 0.1) is 6.92 Å². The van der Waals surface area contributed by atoms with Gasteiger partial charge in [-0.15, -0.1) is 0 Å². The van der Waals surface area contributed by atoms with E-state index in [0.29, 0.717) is 10.9 Å². The van der Waals surface area contributed by atoms with Gasteiger partial charge in [0.15, 0.2) is 5.16 Å². The molecule has 2 rings (SSSR count). The van der Waals surface area contributed by atoms with Crippen LogP contribution in [0.5, 0.6) is 0 Å². The van der Waals surface area contributed by atoms with Gasteiger partial charge in [-0.05, 0) is 53.4 Å². The van der Waals surface area contributed by atoms with Gasteiger partial charge in [0.25, 0.3) is 5.56 Å². The van der Waals surface area contributed by atoms with Crippen LogP contribution in [-0.2, 0) is 6.42 Å². The van der Waals surface area contributed by atoms with Crippen LogP contribution in [0.2, 0.25) is 0 Å². The van der Waals surface area contributed by atoms with Crippen LogP contribution in [0.3, 0.4) is 0 Å². The van der Waals surface area contributed by atoms with E-state index >= 15 is 0 Å². The Kier molecular flexibility index (Phi) is 5.61. The molecule has 0 amide bonds. The number of nitrogens with one attached hydrogen (secondary N) is 1. The second-order valence-corrected chi connectivity index (χ2v) is 6.82. The van der Waals surface area contributed by atoms with E-state index in [0.717, 1.165) is 22.2 Å². The van der Waals surface area contributed by atoms with Crippen molar-refractivity contribution in [3.05, 3.63) is 50.3 Å². The molecule has 1 unspecified atom stereocenters. The molecule has 0 aliphatic rings. The van der Waals surface area contributed by atoms with E-state index in [-0.39, 0.29) is 11.6 Å². The zero-order chi connectivity index (χ0) is 15.4. The van der Waals surface area contributed by atoms with E-state index < -0.39 is 0 Å². The Balaban J connectivity index is 2.19. The average molecular weight is 368 g/mol. The molecule has 0 bridgehead atoms. The molecule has 21 heavy (non-hydrogen) atoms. The van der Waals surface area contributed by atoms with E-state index in [1.54, 1.807) is 0 Å². The standard InChI is InChI=1S/C15H18BrN3OS/c1-3-11(17)7-10-4-5-13(12(16)8-10)21-15-18-9(2)6-14(20)19-15/h4-6,8,11H,3,7,17H2,1-2H3,(H,18,19,20). The molecule has 1 heterocycles. The quantitative estimate of drug-likeness (QED) is 0.795. The molecule has 112 valence electrons. The fourth-order valence-corrected chi connectivity index (χ4v) is 3.42. The van der Waals surface area contributed by atoms with Crippen molar-refractivity contribution in [3.63, 3.8) is 0 Å². The predicted molar refractivity (Wildman–Crippen MR) is 89.8 cm³/mol. The Morgan fingerprint density at radius 1 is 1.43 bits per heavy atom. The molecule has 4 nitrogen and oxygen atoms in total. The lowest BCUT2D eigenvalue weighted by molar-refractivity contribution is 0.646. The fourth-order valence-electron chi connectivity index (χ4n) is 1.91. The minimum absolute atomic E-state index is 0.133. The molecule has 0 aliphatic heterocycles. The van der Waals surface area contributed by atoms with Crippen molar-refractivity contribution < 1.29 is 0 Å². The van der Waals surface area contributed by atoms with Crippen LogP contribution >= 0.6 is 27.7 Å². The van der Waals surface area contributed by atoms with Crippen molar-refractivity contribution in [2.24, 2.45) is 5.73 Å². The molecular formula is C15H18BrN3OS. The Bertz CT molecular complexity index is 687. The summed E-state index contributed by atoms with van der Waals surface area (Å²) < 4.78 is 0.984. The van der Waals surface area contributed by atoms with Crippen molar-refractivity contribution in [1.82, 2.24) is 9.97 Å². The van der Waals surface area contributed by atoms with Crippen molar-refractivity contribution >= 4 is 27.7 Å². The summed E-state index contributed by atoms with van der Waals surface area (Å²) in [5.41, 5.74) is 7.76. The highest BCUT2D eigenvalue weighted by atomic mass is 79.9. The molecule has 1 aromatic carbocycles. The summed E-state index contributed by atoms with van der Waals surface area (Å²) in [4.78, 5) is 19.5. The molecule has 0 saturated heterocycles. The normalized spacial score (nSPS) is 12.4.